The quantitative estimate of drug-likeness (QED) is 0.700. The third-order valence-corrected chi connectivity index (χ3v) is 6.35. The van der Waals surface area contributed by atoms with E-state index in [1.54, 1.807) is 35.3 Å². The molecule has 0 unspecified atom stereocenters. The van der Waals surface area contributed by atoms with Crippen molar-refractivity contribution in [3.8, 4) is 5.75 Å². The summed E-state index contributed by atoms with van der Waals surface area (Å²) in [4.78, 5) is 24.6. The van der Waals surface area contributed by atoms with E-state index in [2.05, 4.69) is 5.43 Å². The minimum atomic E-state index is -0.280. The van der Waals surface area contributed by atoms with E-state index in [4.69, 9.17) is 33.0 Å². The molecule has 0 aromatic heterocycles. The molecule has 0 aliphatic carbocycles. The van der Waals surface area contributed by atoms with Gasteiger partial charge in [-0.3, -0.25) is 20.0 Å². The van der Waals surface area contributed by atoms with Crippen molar-refractivity contribution in [3.63, 3.8) is 0 Å². The van der Waals surface area contributed by atoms with E-state index in [1.165, 1.54) is 0 Å². The Hall–Kier alpha value is -2.61. The molecule has 0 bridgehead atoms. The maximum absolute atomic E-state index is 13.1. The van der Waals surface area contributed by atoms with Gasteiger partial charge in [0.05, 0.1) is 23.9 Å². The van der Waals surface area contributed by atoms with Crippen molar-refractivity contribution < 1.29 is 14.3 Å². The maximum atomic E-state index is 13.1. The molecular weight excluding hydrogens is 451 g/mol. The highest BCUT2D eigenvalue weighted by Gasteiger charge is 2.40. The van der Waals surface area contributed by atoms with Gasteiger partial charge in [-0.15, -0.1) is 0 Å². The molecule has 7 nitrogen and oxygen atoms in total. The first kappa shape index (κ1) is 22.6. The van der Waals surface area contributed by atoms with Crippen molar-refractivity contribution in [2.24, 2.45) is 11.0 Å². The summed E-state index contributed by atoms with van der Waals surface area (Å²) in [6, 6.07) is 12.6. The van der Waals surface area contributed by atoms with Gasteiger partial charge >= 0.3 is 0 Å². The number of rotatable bonds is 5. The van der Waals surface area contributed by atoms with Crippen LogP contribution in [0.4, 0.5) is 5.69 Å². The van der Waals surface area contributed by atoms with Crippen LogP contribution in [0.25, 0.3) is 0 Å². The normalized spacial score (nSPS) is 21.4. The van der Waals surface area contributed by atoms with Gasteiger partial charge in [-0.25, -0.2) is 5.01 Å². The number of benzene rings is 2. The number of ketones is 1. The highest BCUT2D eigenvalue weighted by molar-refractivity contribution is 6.41. The summed E-state index contributed by atoms with van der Waals surface area (Å²) in [5.74, 6) is 0.457. The number of hydrogen-bond donors (Lipinski definition) is 1. The number of nitrogens with zero attached hydrogens (tertiary/aromatic N) is 3. The molecule has 2 aliphatic heterocycles. The topological polar surface area (TPSA) is 74.2 Å². The molecule has 32 heavy (non-hydrogen) atoms. The molecule has 0 radical (unpaired) electrons. The number of nitrogens with one attached hydrogen (secondary N) is 1. The largest absolute Gasteiger partial charge is 0.497 e. The number of carbonyl (C=O) groups is 2. The first-order chi connectivity index (χ1) is 15.4. The number of anilines is 1. The van der Waals surface area contributed by atoms with Crippen LogP contribution in [0.1, 0.15) is 31.4 Å². The van der Waals surface area contributed by atoms with Crippen LogP contribution in [0.3, 0.4) is 0 Å². The Labute approximate surface area is 196 Å². The van der Waals surface area contributed by atoms with Crippen molar-refractivity contribution >= 4 is 46.3 Å². The maximum Gasteiger partial charge on any atom is 0.282 e. The Kier molecular flexibility index (Phi) is 6.69. The molecule has 0 spiro atoms. The number of hydrazone groups is 1. The standard InChI is InChI=1S/C23H24Cl2N4O3/c1-14-21(23(31)27-28-11-9-17(30)10-12-28)26-29(20-8-5-16(24)13-19(20)25)22(14)15-3-6-18(32-2)7-4-15/h3-8,13-14,22H,9-12H2,1-2H3,(H,27,31)/t14-,22+/m1/s1. The second kappa shape index (κ2) is 9.48. The first-order valence-electron chi connectivity index (χ1n) is 10.4. The van der Waals surface area contributed by atoms with Crippen LogP contribution in [-0.4, -0.2) is 42.6 Å². The lowest BCUT2D eigenvalue weighted by atomic mass is 9.91. The zero-order valence-corrected chi connectivity index (χ0v) is 19.4. The average Bonchev–Trinajstić information content (AvgIpc) is 3.12. The second-order valence-corrected chi connectivity index (χ2v) is 8.74. The minimum absolute atomic E-state index is 0.213. The zero-order valence-electron chi connectivity index (χ0n) is 17.8. The molecule has 2 aromatic rings. The van der Waals surface area contributed by atoms with Crippen molar-refractivity contribution in [2.45, 2.75) is 25.8 Å². The second-order valence-electron chi connectivity index (χ2n) is 7.90. The van der Waals surface area contributed by atoms with Crippen molar-refractivity contribution in [2.75, 3.05) is 25.2 Å². The van der Waals surface area contributed by atoms with Crippen LogP contribution in [0, 0.1) is 5.92 Å². The summed E-state index contributed by atoms with van der Waals surface area (Å²) in [7, 11) is 1.62. The Morgan fingerprint density at radius 2 is 1.81 bits per heavy atom. The van der Waals surface area contributed by atoms with Crippen LogP contribution >= 0.6 is 23.2 Å². The molecule has 0 saturated carbocycles. The molecule has 1 N–H and O–H groups in total. The Balaban J connectivity index is 1.66. The summed E-state index contributed by atoms with van der Waals surface area (Å²) >= 11 is 12.6. The van der Waals surface area contributed by atoms with Crippen LogP contribution in [0.5, 0.6) is 5.75 Å². The zero-order chi connectivity index (χ0) is 22.8. The van der Waals surface area contributed by atoms with Gasteiger partial charge in [0.25, 0.3) is 5.91 Å². The van der Waals surface area contributed by atoms with Crippen molar-refractivity contribution in [3.05, 3.63) is 58.1 Å². The highest BCUT2D eigenvalue weighted by atomic mass is 35.5. The fourth-order valence-electron chi connectivity index (χ4n) is 4.05. The molecule has 4 rings (SSSR count). The lowest BCUT2D eigenvalue weighted by Crippen LogP contribution is -2.49. The van der Waals surface area contributed by atoms with Gasteiger partial charge in [0, 0.05) is 36.9 Å². The molecule has 9 heteroatoms. The fourth-order valence-corrected chi connectivity index (χ4v) is 4.55. The molecule has 2 aliphatic rings. The number of methoxy groups -OCH3 is 1. The van der Waals surface area contributed by atoms with Crippen LogP contribution in [-0.2, 0) is 9.59 Å². The lowest BCUT2D eigenvalue weighted by Gasteiger charge is -2.28. The van der Waals surface area contributed by atoms with Crippen LogP contribution < -0.4 is 15.2 Å². The predicted octanol–water partition coefficient (Wildman–Crippen LogP) is 4.25. The van der Waals surface area contributed by atoms with Gasteiger partial charge < -0.3 is 4.74 Å². The van der Waals surface area contributed by atoms with Gasteiger partial charge in [0.2, 0.25) is 0 Å². The van der Waals surface area contributed by atoms with E-state index in [9.17, 15) is 9.59 Å². The summed E-state index contributed by atoms with van der Waals surface area (Å²) in [5.41, 5.74) is 4.94. The SMILES string of the molecule is COc1ccc([C@@H]2[C@H](C)C(C(=O)NN3CCC(=O)CC3)=NN2c2ccc(Cl)cc2Cl)cc1. The molecular formula is C23H24Cl2N4O3. The van der Waals surface area contributed by atoms with E-state index in [1.807, 2.05) is 31.2 Å². The van der Waals surface area contributed by atoms with Crippen LogP contribution in [0.15, 0.2) is 47.6 Å². The van der Waals surface area contributed by atoms with Gasteiger partial charge in [-0.05, 0) is 35.9 Å². The van der Waals surface area contributed by atoms with Gasteiger partial charge in [-0.2, -0.15) is 5.10 Å². The van der Waals surface area contributed by atoms with E-state index < -0.39 is 0 Å². The van der Waals surface area contributed by atoms with Crippen molar-refractivity contribution in [1.29, 1.82) is 0 Å². The van der Waals surface area contributed by atoms with E-state index in [-0.39, 0.29) is 23.7 Å². The van der Waals surface area contributed by atoms with Gasteiger partial charge in [-0.1, -0.05) is 42.3 Å². The molecule has 2 atom stereocenters. The fraction of sp³-hybridized carbons (Fsp3) is 0.348. The third-order valence-electron chi connectivity index (χ3n) is 5.81. The smallest absolute Gasteiger partial charge is 0.282 e. The third kappa shape index (κ3) is 4.60. The summed E-state index contributed by atoms with van der Waals surface area (Å²) in [6.45, 7) is 2.97. The Morgan fingerprint density at radius 3 is 2.44 bits per heavy atom. The van der Waals surface area contributed by atoms with E-state index in [0.717, 1.165) is 11.3 Å². The van der Waals surface area contributed by atoms with E-state index >= 15 is 0 Å². The molecule has 168 valence electrons. The minimum Gasteiger partial charge on any atom is -0.497 e. The van der Waals surface area contributed by atoms with Gasteiger partial charge in [0.15, 0.2) is 0 Å². The number of hydrazine groups is 1. The number of carbonyl (C=O) groups excluding carboxylic acids is 2. The summed E-state index contributed by atoms with van der Waals surface area (Å²) in [5, 5.41) is 9.22. The number of halogens is 2. The highest BCUT2D eigenvalue weighted by Crippen LogP contribution is 2.42. The molecule has 1 amide bonds. The Bertz CT molecular complexity index is 1050. The summed E-state index contributed by atoms with van der Waals surface area (Å²) < 4.78 is 5.28. The van der Waals surface area contributed by atoms with Gasteiger partial charge in [0.1, 0.15) is 17.2 Å². The monoisotopic (exact) mass is 474 g/mol. The number of hydrogen-bond acceptors (Lipinski definition) is 6. The molecule has 2 heterocycles. The molecule has 2 aromatic carbocycles. The molecule has 1 fully saturated rings. The summed E-state index contributed by atoms with van der Waals surface area (Å²) in [6.07, 6.45) is 0.868. The lowest BCUT2D eigenvalue weighted by molar-refractivity contribution is -0.126. The average molecular weight is 475 g/mol. The van der Waals surface area contributed by atoms with E-state index in [0.29, 0.717) is 47.4 Å². The van der Waals surface area contributed by atoms with Crippen LogP contribution in [0.2, 0.25) is 10.0 Å². The Morgan fingerprint density at radius 1 is 1.12 bits per heavy atom. The predicted molar refractivity (Wildman–Crippen MR) is 125 cm³/mol. The number of Topliss-reactive ketones (excluding diaryl/α,β-unsaturated/α-hetero) is 1. The number of ether oxygens (including phenoxy) is 1. The first-order valence-corrected chi connectivity index (χ1v) is 11.2. The van der Waals surface area contributed by atoms with Crippen molar-refractivity contribution in [1.82, 2.24) is 10.4 Å². The molecule has 1 saturated heterocycles. The number of piperidine rings is 1. The number of amides is 1.